The molecule has 8 nitrogen and oxygen atoms in total. The van der Waals surface area contributed by atoms with E-state index in [-0.39, 0.29) is 12.1 Å². The monoisotopic (exact) mass is 287 g/mol. The topological polar surface area (TPSA) is 132 Å². The highest BCUT2D eigenvalue weighted by Crippen LogP contribution is 2.02. The third kappa shape index (κ3) is 4.62. The van der Waals surface area contributed by atoms with E-state index in [0.717, 1.165) is 6.07 Å². The summed E-state index contributed by atoms with van der Waals surface area (Å²) in [6.07, 6.45) is 2.06. The molecule has 4 N–H and O–H groups in total. The molecule has 0 aliphatic heterocycles. The Balaban J connectivity index is 2.84. The van der Waals surface area contributed by atoms with Gasteiger partial charge in [0, 0.05) is 6.07 Å². The maximum atomic E-state index is 11.7. The quantitative estimate of drug-likeness (QED) is 0.530. The molecule has 9 heteroatoms. The van der Waals surface area contributed by atoms with E-state index < -0.39 is 29.2 Å². The molecule has 0 fully saturated rings. The van der Waals surface area contributed by atoms with Gasteiger partial charge in [0.15, 0.2) is 0 Å². The Hall–Kier alpha value is -2.03. The van der Waals surface area contributed by atoms with Crippen molar-refractivity contribution in [1.82, 2.24) is 15.3 Å². The highest BCUT2D eigenvalue weighted by molar-refractivity contribution is 7.98. The van der Waals surface area contributed by atoms with Crippen LogP contribution in [0.3, 0.4) is 0 Å². The Morgan fingerprint density at radius 1 is 1.42 bits per heavy atom. The fraction of sp³-hybridized carbons (Fsp3) is 0.400. The van der Waals surface area contributed by atoms with Gasteiger partial charge in [-0.3, -0.25) is 14.6 Å². The first-order valence-corrected chi connectivity index (χ1v) is 6.69. The van der Waals surface area contributed by atoms with Gasteiger partial charge in [0.1, 0.15) is 11.7 Å². The van der Waals surface area contributed by atoms with Crippen molar-refractivity contribution in [3.63, 3.8) is 0 Å². The van der Waals surface area contributed by atoms with Gasteiger partial charge in [0.25, 0.3) is 11.5 Å². The summed E-state index contributed by atoms with van der Waals surface area (Å²) in [5, 5.41) is 11.2. The van der Waals surface area contributed by atoms with Crippen LogP contribution in [0.4, 0.5) is 0 Å². The number of hydrogen-bond acceptors (Lipinski definition) is 5. The van der Waals surface area contributed by atoms with E-state index >= 15 is 0 Å². The molecular formula is C10H13N3O5S. The average molecular weight is 287 g/mol. The molecule has 0 aliphatic carbocycles. The zero-order chi connectivity index (χ0) is 14.4. The lowest BCUT2D eigenvalue weighted by atomic mass is 10.2. The molecular weight excluding hydrogens is 274 g/mol. The number of rotatable bonds is 6. The van der Waals surface area contributed by atoms with Crippen molar-refractivity contribution in [3.05, 3.63) is 32.6 Å². The summed E-state index contributed by atoms with van der Waals surface area (Å²) in [5.41, 5.74) is -1.83. The van der Waals surface area contributed by atoms with Gasteiger partial charge in [0.05, 0.1) is 0 Å². The SMILES string of the molecule is CSCCC(NC(=O)c1cc(=O)[nH]c(=O)[nH]1)C(=O)O. The van der Waals surface area contributed by atoms with Gasteiger partial charge >= 0.3 is 11.7 Å². The molecule has 0 aromatic carbocycles. The molecule has 0 saturated heterocycles. The smallest absolute Gasteiger partial charge is 0.326 e. The summed E-state index contributed by atoms with van der Waals surface area (Å²) in [5.74, 6) is -1.42. The maximum absolute atomic E-state index is 11.7. The van der Waals surface area contributed by atoms with Gasteiger partial charge in [-0.1, -0.05) is 0 Å². The number of H-pyrrole nitrogens is 2. The van der Waals surface area contributed by atoms with Crippen LogP contribution in [0.1, 0.15) is 16.9 Å². The Morgan fingerprint density at radius 3 is 2.63 bits per heavy atom. The van der Waals surface area contributed by atoms with Crippen LogP contribution in [-0.2, 0) is 4.79 Å². The normalized spacial score (nSPS) is 11.8. The van der Waals surface area contributed by atoms with E-state index in [1.54, 1.807) is 0 Å². The number of hydrogen-bond donors (Lipinski definition) is 4. The van der Waals surface area contributed by atoms with Crippen molar-refractivity contribution >= 4 is 23.6 Å². The predicted octanol–water partition coefficient (Wildman–Crippen LogP) is -1.00. The van der Waals surface area contributed by atoms with Crippen LogP contribution in [0.15, 0.2) is 15.7 Å². The lowest BCUT2D eigenvalue weighted by Gasteiger charge is -2.13. The number of nitrogens with one attached hydrogen (secondary N) is 3. The zero-order valence-corrected chi connectivity index (χ0v) is 10.9. The third-order valence-corrected chi connectivity index (χ3v) is 2.86. The summed E-state index contributed by atoms with van der Waals surface area (Å²) < 4.78 is 0. The summed E-state index contributed by atoms with van der Waals surface area (Å²) in [4.78, 5) is 48.7. The molecule has 0 saturated carbocycles. The average Bonchev–Trinajstić information content (AvgIpc) is 2.32. The summed E-state index contributed by atoms with van der Waals surface area (Å²) in [6, 6.07) is -0.174. The van der Waals surface area contributed by atoms with E-state index in [0.29, 0.717) is 5.75 Å². The fourth-order valence-corrected chi connectivity index (χ4v) is 1.79. The second kappa shape index (κ2) is 6.78. The number of carbonyl (C=O) groups is 2. The second-order valence-corrected chi connectivity index (χ2v) is 4.63. The van der Waals surface area contributed by atoms with Crippen LogP contribution >= 0.6 is 11.8 Å². The van der Waals surface area contributed by atoms with Crippen LogP contribution in [-0.4, -0.2) is 45.0 Å². The molecule has 1 rings (SSSR count). The molecule has 19 heavy (non-hydrogen) atoms. The second-order valence-electron chi connectivity index (χ2n) is 3.65. The molecule has 1 unspecified atom stereocenters. The third-order valence-electron chi connectivity index (χ3n) is 2.22. The van der Waals surface area contributed by atoms with E-state index in [1.807, 2.05) is 11.2 Å². The van der Waals surface area contributed by atoms with Crippen LogP contribution in [0.5, 0.6) is 0 Å². The molecule has 1 aromatic heterocycles. The largest absolute Gasteiger partial charge is 0.480 e. The van der Waals surface area contributed by atoms with Gasteiger partial charge in [-0.2, -0.15) is 11.8 Å². The van der Waals surface area contributed by atoms with E-state index in [9.17, 15) is 19.2 Å². The first kappa shape index (κ1) is 15.0. The number of aromatic nitrogens is 2. The number of thioether (sulfide) groups is 1. The molecule has 1 amide bonds. The molecule has 0 spiro atoms. The molecule has 1 atom stereocenters. The standard InChI is InChI=1S/C10H13N3O5S/c1-19-3-2-5(9(16)17)11-8(15)6-4-7(14)13-10(18)12-6/h4-5H,2-3H2,1H3,(H,11,15)(H,16,17)(H2,12,13,14,18). The van der Waals surface area contributed by atoms with Crippen LogP contribution in [0.25, 0.3) is 0 Å². The summed E-state index contributed by atoms with van der Waals surface area (Å²) in [7, 11) is 0. The number of carbonyl (C=O) groups excluding carboxylic acids is 1. The van der Waals surface area contributed by atoms with Crippen LogP contribution in [0, 0.1) is 0 Å². The Bertz CT molecular complexity index is 551. The number of carboxylic acids is 1. The number of aliphatic carboxylic acids is 1. The molecule has 1 aromatic rings. The molecule has 104 valence electrons. The van der Waals surface area contributed by atoms with Crippen molar-refractivity contribution in [3.8, 4) is 0 Å². The lowest BCUT2D eigenvalue weighted by Crippen LogP contribution is -2.42. The number of carboxylic acid groups (broad SMARTS) is 1. The summed E-state index contributed by atoms with van der Waals surface area (Å²) >= 11 is 1.45. The molecule has 0 bridgehead atoms. The van der Waals surface area contributed by atoms with Crippen molar-refractivity contribution in [2.75, 3.05) is 12.0 Å². The first-order chi connectivity index (χ1) is 8.93. The highest BCUT2D eigenvalue weighted by Gasteiger charge is 2.20. The Labute approximate surface area is 111 Å². The van der Waals surface area contributed by atoms with Crippen molar-refractivity contribution in [2.45, 2.75) is 12.5 Å². The van der Waals surface area contributed by atoms with Gasteiger partial charge in [-0.15, -0.1) is 0 Å². The fourth-order valence-electron chi connectivity index (χ4n) is 1.32. The lowest BCUT2D eigenvalue weighted by molar-refractivity contribution is -0.139. The van der Waals surface area contributed by atoms with Gasteiger partial charge < -0.3 is 15.4 Å². The van der Waals surface area contributed by atoms with E-state index in [2.05, 4.69) is 10.3 Å². The van der Waals surface area contributed by atoms with Gasteiger partial charge in [-0.05, 0) is 18.4 Å². The Morgan fingerprint density at radius 2 is 2.11 bits per heavy atom. The van der Waals surface area contributed by atoms with Gasteiger partial charge in [-0.25, -0.2) is 9.59 Å². The molecule has 0 radical (unpaired) electrons. The number of amides is 1. The summed E-state index contributed by atoms with van der Waals surface area (Å²) in [6.45, 7) is 0. The minimum atomic E-state index is -1.17. The van der Waals surface area contributed by atoms with Crippen LogP contribution < -0.4 is 16.6 Å². The zero-order valence-electron chi connectivity index (χ0n) is 10.1. The highest BCUT2D eigenvalue weighted by atomic mass is 32.2. The van der Waals surface area contributed by atoms with Crippen molar-refractivity contribution in [1.29, 1.82) is 0 Å². The first-order valence-electron chi connectivity index (χ1n) is 5.30. The Kier molecular flexibility index (Phi) is 5.37. The molecule has 0 aliphatic rings. The van der Waals surface area contributed by atoms with E-state index in [4.69, 9.17) is 5.11 Å². The van der Waals surface area contributed by atoms with Gasteiger partial charge in [0.2, 0.25) is 0 Å². The van der Waals surface area contributed by atoms with Crippen LogP contribution in [0.2, 0.25) is 0 Å². The van der Waals surface area contributed by atoms with Crippen molar-refractivity contribution in [2.24, 2.45) is 0 Å². The van der Waals surface area contributed by atoms with E-state index in [1.165, 1.54) is 11.8 Å². The van der Waals surface area contributed by atoms with Crippen molar-refractivity contribution < 1.29 is 14.7 Å². The minimum absolute atomic E-state index is 0.246. The molecule has 1 heterocycles. The minimum Gasteiger partial charge on any atom is -0.480 e. The predicted molar refractivity (Wildman–Crippen MR) is 69.6 cm³/mol. The maximum Gasteiger partial charge on any atom is 0.326 e. The number of aromatic amines is 2.